The van der Waals surface area contributed by atoms with Crippen LogP contribution in [-0.2, 0) is 14.8 Å². The molecule has 1 N–H and O–H groups in total. The van der Waals surface area contributed by atoms with E-state index in [1.165, 1.54) is 13.2 Å². The van der Waals surface area contributed by atoms with Crippen LogP contribution in [0.3, 0.4) is 0 Å². The number of rotatable bonds is 6. The van der Waals surface area contributed by atoms with E-state index in [9.17, 15) is 13.2 Å². The molecule has 112 valence electrons. The van der Waals surface area contributed by atoms with Gasteiger partial charge in [-0.1, -0.05) is 6.92 Å². The summed E-state index contributed by atoms with van der Waals surface area (Å²) < 4.78 is 29.5. The molecule has 0 saturated heterocycles. The van der Waals surface area contributed by atoms with E-state index in [0.717, 1.165) is 19.2 Å². The number of hydrogen-bond donors (Lipinski definition) is 1. The molecule has 0 unspecified atom stereocenters. The van der Waals surface area contributed by atoms with Gasteiger partial charge in [0.15, 0.2) is 0 Å². The zero-order valence-electron chi connectivity index (χ0n) is 12.0. The number of aromatic nitrogens is 1. The predicted molar refractivity (Wildman–Crippen MR) is 77.6 cm³/mol. The summed E-state index contributed by atoms with van der Waals surface area (Å²) >= 11 is 0. The second-order valence-electron chi connectivity index (χ2n) is 4.39. The van der Waals surface area contributed by atoms with E-state index in [1.807, 2.05) is 18.9 Å². The van der Waals surface area contributed by atoms with E-state index in [1.54, 1.807) is 6.07 Å². The smallest absolute Gasteiger partial charge is 0.338 e. The lowest BCUT2D eigenvalue weighted by atomic mass is 10.2. The largest absolute Gasteiger partial charge is 0.465 e. The summed E-state index contributed by atoms with van der Waals surface area (Å²) in [6.07, 6.45) is 1.92. The lowest BCUT2D eigenvalue weighted by Crippen LogP contribution is -2.21. The van der Waals surface area contributed by atoms with Crippen molar-refractivity contribution in [3.05, 3.63) is 17.7 Å². The molecule has 0 saturated carbocycles. The third kappa shape index (κ3) is 4.69. The summed E-state index contributed by atoms with van der Waals surface area (Å²) in [5, 5.41) is 0. The molecule has 0 bridgehead atoms. The van der Waals surface area contributed by atoms with E-state index >= 15 is 0 Å². The maximum atomic E-state index is 11.6. The van der Waals surface area contributed by atoms with Crippen LogP contribution < -0.4 is 9.62 Å². The van der Waals surface area contributed by atoms with Crippen LogP contribution in [0.2, 0.25) is 0 Å². The highest BCUT2D eigenvalue weighted by molar-refractivity contribution is 7.92. The van der Waals surface area contributed by atoms with Gasteiger partial charge in [-0.05, 0) is 18.6 Å². The van der Waals surface area contributed by atoms with Gasteiger partial charge in [0.1, 0.15) is 11.6 Å². The monoisotopic (exact) mass is 301 g/mol. The van der Waals surface area contributed by atoms with E-state index < -0.39 is 16.0 Å². The maximum Gasteiger partial charge on any atom is 0.338 e. The standard InChI is InChI=1S/C12H19N3O4S/c1-5-6-15(2)11-8-9(12(16)19-3)7-10(13-11)14-20(4,17)18/h7-8H,5-6H2,1-4H3,(H,13,14). The van der Waals surface area contributed by atoms with Gasteiger partial charge in [-0.3, -0.25) is 4.72 Å². The summed E-state index contributed by atoms with van der Waals surface area (Å²) in [5.41, 5.74) is 0.242. The average Bonchev–Trinajstić information content (AvgIpc) is 2.35. The highest BCUT2D eigenvalue weighted by Crippen LogP contribution is 2.19. The highest BCUT2D eigenvalue weighted by atomic mass is 32.2. The molecule has 0 amide bonds. The van der Waals surface area contributed by atoms with Crippen molar-refractivity contribution >= 4 is 27.6 Å². The van der Waals surface area contributed by atoms with Crippen molar-refractivity contribution in [2.75, 3.05) is 36.6 Å². The Morgan fingerprint density at radius 1 is 1.45 bits per heavy atom. The fourth-order valence-electron chi connectivity index (χ4n) is 1.64. The van der Waals surface area contributed by atoms with E-state index in [0.29, 0.717) is 5.82 Å². The first kappa shape index (κ1) is 16.2. The number of carbonyl (C=O) groups excluding carboxylic acids is 1. The molecule has 0 spiro atoms. The number of nitrogens with zero attached hydrogens (tertiary/aromatic N) is 2. The number of hydrogen-bond acceptors (Lipinski definition) is 6. The van der Waals surface area contributed by atoms with Crippen LogP contribution >= 0.6 is 0 Å². The second kappa shape index (κ2) is 6.56. The third-order valence-corrected chi connectivity index (χ3v) is 3.05. The molecular weight excluding hydrogens is 282 g/mol. The van der Waals surface area contributed by atoms with Crippen LogP contribution in [0, 0.1) is 0 Å². The van der Waals surface area contributed by atoms with Gasteiger partial charge in [0.2, 0.25) is 10.0 Å². The van der Waals surface area contributed by atoms with Crippen LogP contribution in [0.1, 0.15) is 23.7 Å². The summed E-state index contributed by atoms with van der Waals surface area (Å²) in [6, 6.07) is 2.91. The van der Waals surface area contributed by atoms with Crippen LogP contribution in [0.15, 0.2) is 12.1 Å². The van der Waals surface area contributed by atoms with Crippen molar-refractivity contribution in [3.63, 3.8) is 0 Å². The highest BCUT2D eigenvalue weighted by Gasteiger charge is 2.14. The van der Waals surface area contributed by atoms with Gasteiger partial charge >= 0.3 is 5.97 Å². The minimum Gasteiger partial charge on any atom is -0.465 e. The molecule has 0 fully saturated rings. The summed E-state index contributed by atoms with van der Waals surface area (Å²) in [4.78, 5) is 17.6. The van der Waals surface area contributed by atoms with E-state index in [-0.39, 0.29) is 11.4 Å². The molecule has 8 heteroatoms. The third-order valence-electron chi connectivity index (χ3n) is 2.47. The molecule has 0 aliphatic heterocycles. The summed E-state index contributed by atoms with van der Waals surface area (Å²) in [6.45, 7) is 2.74. The Labute approximate surface area is 119 Å². The van der Waals surface area contributed by atoms with Crippen LogP contribution in [-0.4, -0.2) is 46.3 Å². The lowest BCUT2D eigenvalue weighted by molar-refractivity contribution is 0.0600. The topological polar surface area (TPSA) is 88.6 Å². The minimum atomic E-state index is -3.46. The molecule has 7 nitrogen and oxygen atoms in total. The Morgan fingerprint density at radius 2 is 2.10 bits per heavy atom. The van der Waals surface area contributed by atoms with Crippen molar-refractivity contribution < 1.29 is 17.9 Å². The molecular formula is C12H19N3O4S. The number of carbonyl (C=O) groups is 1. The molecule has 1 aromatic heterocycles. The van der Waals surface area contributed by atoms with E-state index in [4.69, 9.17) is 0 Å². The van der Waals surface area contributed by atoms with Crippen LogP contribution in [0.25, 0.3) is 0 Å². The Bertz CT molecular complexity index is 586. The summed E-state index contributed by atoms with van der Waals surface area (Å²) in [7, 11) is -0.382. The predicted octanol–water partition coefficient (Wildman–Crippen LogP) is 1.09. The normalized spacial score (nSPS) is 11.0. The first-order valence-electron chi connectivity index (χ1n) is 6.06. The van der Waals surface area contributed by atoms with Crippen LogP contribution in [0.5, 0.6) is 0 Å². The van der Waals surface area contributed by atoms with Gasteiger partial charge in [-0.25, -0.2) is 18.2 Å². The lowest BCUT2D eigenvalue weighted by Gasteiger charge is -2.18. The van der Waals surface area contributed by atoms with Crippen molar-refractivity contribution in [2.45, 2.75) is 13.3 Å². The minimum absolute atomic E-state index is 0.0911. The molecule has 0 atom stereocenters. The maximum absolute atomic E-state index is 11.6. The van der Waals surface area contributed by atoms with Crippen LogP contribution in [0.4, 0.5) is 11.6 Å². The van der Waals surface area contributed by atoms with Crippen molar-refractivity contribution in [1.82, 2.24) is 4.98 Å². The van der Waals surface area contributed by atoms with Gasteiger partial charge in [-0.15, -0.1) is 0 Å². The number of sulfonamides is 1. The van der Waals surface area contributed by atoms with Gasteiger partial charge in [0, 0.05) is 13.6 Å². The number of methoxy groups -OCH3 is 1. The molecule has 1 rings (SSSR count). The number of anilines is 2. The second-order valence-corrected chi connectivity index (χ2v) is 6.14. The Kier molecular flexibility index (Phi) is 5.32. The molecule has 0 radical (unpaired) electrons. The first-order valence-corrected chi connectivity index (χ1v) is 7.95. The first-order chi connectivity index (χ1) is 9.26. The zero-order chi connectivity index (χ0) is 15.3. The molecule has 0 aliphatic carbocycles. The molecule has 20 heavy (non-hydrogen) atoms. The number of esters is 1. The van der Waals surface area contributed by atoms with Crippen molar-refractivity contribution in [3.8, 4) is 0 Å². The fraction of sp³-hybridized carbons (Fsp3) is 0.500. The van der Waals surface area contributed by atoms with E-state index in [2.05, 4.69) is 14.4 Å². The molecule has 1 heterocycles. The Morgan fingerprint density at radius 3 is 2.60 bits per heavy atom. The SMILES string of the molecule is CCCN(C)c1cc(C(=O)OC)cc(NS(C)(=O)=O)n1. The quantitative estimate of drug-likeness (QED) is 0.791. The average molecular weight is 301 g/mol. The molecule has 0 aliphatic rings. The van der Waals surface area contributed by atoms with Gasteiger partial charge in [-0.2, -0.15) is 0 Å². The number of ether oxygens (including phenoxy) is 1. The summed E-state index contributed by atoms with van der Waals surface area (Å²) in [5.74, 6) is 0.0457. The number of pyridine rings is 1. The van der Waals surface area contributed by atoms with Crippen molar-refractivity contribution in [1.29, 1.82) is 0 Å². The molecule has 1 aromatic rings. The van der Waals surface area contributed by atoms with Gasteiger partial charge in [0.05, 0.1) is 18.9 Å². The zero-order valence-corrected chi connectivity index (χ0v) is 12.8. The Hall–Kier alpha value is -1.83. The number of nitrogens with one attached hydrogen (secondary N) is 1. The fourth-order valence-corrected chi connectivity index (χ4v) is 2.12. The van der Waals surface area contributed by atoms with Gasteiger partial charge in [0.25, 0.3) is 0 Å². The van der Waals surface area contributed by atoms with Gasteiger partial charge < -0.3 is 9.64 Å². The Balaban J connectivity index is 3.24. The molecule has 0 aromatic carbocycles. The van der Waals surface area contributed by atoms with Crippen molar-refractivity contribution in [2.24, 2.45) is 0 Å².